The Hall–Kier alpha value is -2.64. The predicted octanol–water partition coefficient (Wildman–Crippen LogP) is 5.30. The van der Waals surface area contributed by atoms with Crippen LogP contribution in [0, 0.1) is 0 Å². The molecule has 0 fully saturated rings. The predicted molar refractivity (Wildman–Crippen MR) is 126 cm³/mol. The van der Waals surface area contributed by atoms with Crippen LogP contribution in [0.2, 0.25) is 0 Å². The average Bonchev–Trinajstić information content (AvgIpc) is 2.77. The Morgan fingerprint density at radius 2 is 1.58 bits per heavy atom. The lowest BCUT2D eigenvalue weighted by Gasteiger charge is -2.17. The van der Waals surface area contributed by atoms with Crippen molar-refractivity contribution >= 4 is 43.7 Å². The molecule has 0 aliphatic rings. The van der Waals surface area contributed by atoms with Crippen molar-refractivity contribution in [3.63, 3.8) is 0 Å². The van der Waals surface area contributed by atoms with Crippen LogP contribution >= 0.6 is 31.9 Å². The minimum Gasteiger partial charge on any atom is -0.489 e. The van der Waals surface area contributed by atoms with Crippen molar-refractivity contribution in [2.75, 3.05) is 7.11 Å². The number of nitrogens with one attached hydrogen (secondary N) is 1. The number of ether oxygens (including phenoxy) is 2. The van der Waals surface area contributed by atoms with Crippen molar-refractivity contribution in [2.24, 2.45) is 0 Å². The molecule has 0 unspecified atom stereocenters. The van der Waals surface area contributed by atoms with E-state index in [9.17, 15) is 9.59 Å². The van der Waals surface area contributed by atoms with Gasteiger partial charge in [0, 0.05) is 20.9 Å². The number of rotatable bonds is 8. The van der Waals surface area contributed by atoms with Gasteiger partial charge in [0.05, 0.1) is 7.11 Å². The van der Waals surface area contributed by atoms with Crippen molar-refractivity contribution in [1.82, 2.24) is 5.32 Å². The number of esters is 1. The smallest absolute Gasteiger partial charge is 0.328 e. The first-order valence-electron chi connectivity index (χ1n) is 9.55. The molecule has 31 heavy (non-hydrogen) atoms. The number of carbonyl (C=O) groups excluding carboxylic acids is 2. The summed E-state index contributed by atoms with van der Waals surface area (Å²) in [6.07, 6.45) is 0.274. The van der Waals surface area contributed by atoms with Crippen molar-refractivity contribution in [2.45, 2.75) is 19.1 Å². The first-order valence-corrected chi connectivity index (χ1v) is 11.1. The summed E-state index contributed by atoms with van der Waals surface area (Å²) in [5, 5.41) is 2.77. The fourth-order valence-electron chi connectivity index (χ4n) is 3.00. The first kappa shape index (κ1) is 23.0. The third kappa shape index (κ3) is 6.94. The maximum Gasteiger partial charge on any atom is 0.328 e. The molecule has 1 atom stereocenters. The Bertz CT molecular complexity index is 1040. The van der Waals surface area contributed by atoms with E-state index in [1.165, 1.54) is 7.11 Å². The van der Waals surface area contributed by atoms with Crippen molar-refractivity contribution in [1.29, 1.82) is 0 Å². The second-order valence-electron chi connectivity index (χ2n) is 6.83. The average molecular weight is 547 g/mol. The van der Waals surface area contributed by atoms with E-state index in [-0.39, 0.29) is 12.3 Å². The molecule has 7 heteroatoms. The SMILES string of the molecule is COC(=O)[C@H](Cc1cccc(OCc2ccccc2)c1)NC(=O)c1cc(Br)cc(Br)c1. The minimum absolute atomic E-state index is 0.274. The summed E-state index contributed by atoms with van der Waals surface area (Å²) in [6, 6.07) is 21.7. The number of hydrogen-bond acceptors (Lipinski definition) is 4. The Morgan fingerprint density at radius 3 is 2.26 bits per heavy atom. The van der Waals surface area contributed by atoms with Gasteiger partial charge < -0.3 is 14.8 Å². The van der Waals surface area contributed by atoms with Crippen LogP contribution in [0.25, 0.3) is 0 Å². The molecule has 0 saturated carbocycles. The Labute approximate surface area is 198 Å². The number of amides is 1. The number of carbonyl (C=O) groups is 2. The lowest BCUT2D eigenvalue weighted by molar-refractivity contribution is -0.142. The van der Waals surface area contributed by atoms with Gasteiger partial charge in [-0.25, -0.2) is 4.79 Å². The highest BCUT2D eigenvalue weighted by atomic mass is 79.9. The number of hydrogen-bond donors (Lipinski definition) is 1. The van der Waals surface area contributed by atoms with Crippen LogP contribution in [0.3, 0.4) is 0 Å². The summed E-state index contributed by atoms with van der Waals surface area (Å²) in [7, 11) is 1.30. The largest absolute Gasteiger partial charge is 0.489 e. The summed E-state index contributed by atoms with van der Waals surface area (Å²) < 4.78 is 12.3. The highest BCUT2D eigenvalue weighted by Crippen LogP contribution is 2.21. The minimum atomic E-state index is -0.834. The molecule has 0 radical (unpaired) electrons. The van der Waals surface area contributed by atoms with Crippen LogP contribution in [0.15, 0.2) is 81.7 Å². The van der Waals surface area contributed by atoms with E-state index in [4.69, 9.17) is 9.47 Å². The maximum absolute atomic E-state index is 12.7. The van der Waals surface area contributed by atoms with E-state index in [1.807, 2.05) is 60.7 Å². The molecule has 0 spiro atoms. The summed E-state index contributed by atoms with van der Waals surface area (Å²) in [4.78, 5) is 25.0. The molecule has 0 aromatic heterocycles. The number of benzene rings is 3. The monoisotopic (exact) mass is 545 g/mol. The van der Waals surface area contributed by atoms with E-state index in [0.717, 1.165) is 20.1 Å². The third-order valence-corrected chi connectivity index (χ3v) is 5.42. The van der Waals surface area contributed by atoms with E-state index in [0.29, 0.717) is 17.9 Å². The van der Waals surface area contributed by atoms with E-state index in [1.54, 1.807) is 12.1 Å². The molecule has 3 rings (SSSR count). The fourth-order valence-corrected chi connectivity index (χ4v) is 4.29. The second-order valence-corrected chi connectivity index (χ2v) is 8.66. The normalized spacial score (nSPS) is 11.5. The van der Waals surface area contributed by atoms with Gasteiger partial charge in [-0.05, 0) is 41.5 Å². The molecule has 0 aliphatic heterocycles. The van der Waals surface area contributed by atoms with Crippen LogP contribution in [-0.4, -0.2) is 25.0 Å². The highest BCUT2D eigenvalue weighted by Gasteiger charge is 2.23. The van der Waals surface area contributed by atoms with Crippen LogP contribution in [0.4, 0.5) is 0 Å². The Balaban J connectivity index is 1.70. The van der Waals surface area contributed by atoms with Gasteiger partial charge >= 0.3 is 5.97 Å². The van der Waals surface area contributed by atoms with Crippen molar-refractivity contribution in [3.8, 4) is 5.75 Å². The van der Waals surface area contributed by atoms with Crippen LogP contribution in [0.5, 0.6) is 5.75 Å². The first-order chi connectivity index (χ1) is 14.9. The van der Waals surface area contributed by atoms with E-state index >= 15 is 0 Å². The van der Waals surface area contributed by atoms with Gasteiger partial charge in [-0.15, -0.1) is 0 Å². The summed E-state index contributed by atoms with van der Waals surface area (Å²) in [5.74, 6) is -0.195. The quantitative estimate of drug-likeness (QED) is 0.389. The van der Waals surface area contributed by atoms with Gasteiger partial charge in [-0.3, -0.25) is 4.79 Å². The molecule has 0 bridgehead atoms. The van der Waals surface area contributed by atoms with Gasteiger partial charge in [0.2, 0.25) is 0 Å². The Kier molecular flexibility index (Phi) is 8.26. The van der Waals surface area contributed by atoms with Crippen molar-refractivity contribution < 1.29 is 19.1 Å². The molecular weight excluding hydrogens is 526 g/mol. The van der Waals surface area contributed by atoms with E-state index in [2.05, 4.69) is 37.2 Å². The molecule has 0 heterocycles. The van der Waals surface area contributed by atoms with Gasteiger partial charge in [0.1, 0.15) is 18.4 Å². The Morgan fingerprint density at radius 1 is 0.903 bits per heavy atom. The zero-order chi connectivity index (χ0) is 22.2. The molecule has 160 valence electrons. The number of methoxy groups -OCH3 is 1. The lowest BCUT2D eigenvalue weighted by Crippen LogP contribution is -2.43. The fraction of sp³-hybridized carbons (Fsp3) is 0.167. The molecule has 3 aromatic carbocycles. The topological polar surface area (TPSA) is 64.6 Å². The summed E-state index contributed by atoms with van der Waals surface area (Å²) in [5.41, 5.74) is 2.33. The van der Waals surface area contributed by atoms with Crippen LogP contribution < -0.4 is 10.1 Å². The van der Waals surface area contributed by atoms with Gasteiger partial charge in [0.25, 0.3) is 5.91 Å². The van der Waals surface area contributed by atoms with Gasteiger partial charge in [-0.2, -0.15) is 0 Å². The molecule has 1 N–H and O–H groups in total. The van der Waals surface area contributed by atoms with Crippen LogP contribution in [0.1, 0.15) is 21.5 Å². The summed E-state index contributed by atoms with van der Waals surface area (Å²) in [6.45, 7) is 0.444. The molecule has 1 amide bonds. The molecule has 0 aliphatic carbocycles. The van der Waals surface area contributed by atoms with E-state index < -0.39 is 12.0 Å². The number of halogens is 2. The lowest BCUT2D eigenvalue weighted by atomic mass is 10.0. The third-order valence-electron chi connectivity index (χ3n) is 4.50. The zero-order valence-corrected chi connectivity index (χ0v) is 20.0. The molecule has 3 aromatic rings. The molecule has 0 saturated heterocycles. The highest BCUT2D eigenvalue weighted by molar-refractivity contribution is 9.11. The molecular formula is C24H21Br2NO4. The second kappa shape index (κ2) is 11.1. The molecule has 5 nitrogen and oxygen atoms in total. The zero-order valence-electron chi connectivity index (χ0n) is 16.8. The summed E-state index contributed by atoms with van der Waals surface area (Å²) >= 11 is 6.74. The van der Waals surface area contributed by atoms with Gasteiger partial charge in [0.15, 0.2) is 0 Å². The maximum atomic E-state index is 12.7. The van der Waals surface area contributed by atoms with Crippen LogP contribution in [-0.2, 0) is 22.6 Å². The standard InChI is InChI=1S/C24H21Br2NO4/c1-30-24(29)22(27-23(28)18-12-19(25)14-20(26)13-18)11-17-8-5-9-21(10-17)31-15-16-6-3-2-4-7-16/h2-10,12-14,22H,11,15H2,1H3,(H,27,28)/t22-/m0/s1. The van der Waals surface area contributed by atoms with Gasteiger partial charge in [-0.1, -0.05) is 74.3 Å². The van der Waals surface area contributed by atoms with Crippen molar-refractivity contribution in [3.05, 3.63) is 98.4 Å².